The summed E-state index contributed by atoms with van der Waals surface area (Å²) in [5.41, 5.74) is 1.52. The third kappa shape index (κ3) is 4.26. The molecule has 0 heterocycles. The fraction of sp³-hybridized carbons (Fsp3) is 0.778. The van der Waals surface area contributed by atoms with Crippen LogP contribution in [0.2, 0.25) is 0 Å². The first-order valence-electron chi connectivity index (χ1n) is 3.88. The van der Waals surface area contributed by atoms with Gasteiger partial charge in [0, 0.05) is 0 Å². The summed E-state index contributed by atoms with van der Waals surface area (Å²) in [6.45, 7) is 8.89. The molecule has 0 N–H and O–H groups in total. The van der Waals surface area contributed by atoms with Crippen LogP contribution in [0, 0.1) is 5.92 Å². The zero-order chi connectivity index (χ0) is 7.28. The molecule has 9 heavy (non-hydrogen) atoms. The molecule has 0 heteroatoms. The zero-order valence-electron chi connectivity index (χ0n) is 7.07. The Morgan fingerprint density at radius 1 is 1.44 bits per heavy atom. The second kappa shape index (κ2) is 4.60. The summed E-state index contributed by atoms with van der Waals surface area (Å²) in [5, 5.41) is 0. The second-order valence-electron chi connectivity index (χ2n) is 2.75. The molecule has 54 valence electrons. The van der Waals surface area contributed by atoms with Crippen LogP contribution in [0.5, 0.6) is 0 Å². The van der Waals surface area contributed by atoms with Gasteiger partial charge in [-0.3, -0.25) is 0 Å². The summed E-state index contributed by atoms with van der Waals surface area (Å²) < 4.78 is 0. The van der Waals surface area contributed by atoms with E-state index in [9.17, 15) is 0 Å². The Labute approximate surface area is 59.0 Å². The Morgan fingerprint density at radius 3 is 2.33 bits per heavy atom. The highest BCUT2D eigenvalue weighted by molar-refractivity contribution is 4.98. The van der Waals surface area contributed by atoms with Gasteiger partial charge in [-0.05, 0) is 19.3 Å². The molecule has 0 bridgehead atoms. The van der Waals surface area contributed by atoms with Gasteiger partial charge < -0.3 is 0 Å². The van der Waals surface area contributed by atoms with Crippen molar-refractivity contribution in [2.24, 2.45) is 5.92 Å². The maximum absolute atomic E-state index is 2.36. The number of hydrogen-bond donors (Lipinski definition) is 0. The van der Waals surface area contributed by atoms with Gasteiger partial charge in [0.05, 0.1) is 0 Å². The van der Waals surface area contributed by atoms with E-state index in [1.807, 2.05) is 0 Å². The van der Waals surface area contributed by atoms with Crippen molar-refractivity contribution in [3.63, 3.8) is 0 Å². The standard InChI is InChI=1S/C9H18/c1-5-8(3)7-9(4)6-2/h7-8H,5-6H2,1-4H3/b9-7-/t8-/m1/s1. The molecule has 0 fully saturated rings. The average molecular weight is 126 g/mol. The minimum absolute atomic E-state index is 0.768. The van der Waals surface area contributed by atoms with Crippen molar-refractivity contribution < 1.29 is 0 Å². The molecule has 0 aliphatic heterocycles. The van der Waals surface area contributed by atoms with Gasteiger partial charge in [-0.1, -0.05) is 38.8 Å². The van der Waals surface area contributed by atoms with Crippen molar-refractivity contribution in [2.75, 3.05) is 0 Å². The van der Waals surface area contributed by atoms with Crippen molar-refractivity contribution in [1.82, 2.24) is 0 Å². The predicted molar refractivity (Wildman–Crippen MR) is 43.5 cm³/mol. The molecule has 0 aromatic heterocycles. The minimum atomic E-state index is 0.768. The molecule has 0 aliphatic rings. The molecule has 0 spiro atoms. The molecule has 0 aliphatic carbocycles. The number of rotatable bonds is 3. The van der Waals surface area contributed by atoms with Gasteiger partial charge in [0.25, 0.3) is 0 Å². The van der Waals surface area contributed by atoms with E-state index in [1.54, 1.807) is 0 Å². The van der Waals surface area contributed by atoms with Crippen LogP contribution in [0.25, 0.3) is 0 Å². The third-order valence-electron chi connectivity index (χ3n) is 1.77. The molecule has 1 atom stereocenters. The van der Waals surface area contributed by atoms with Crippen LogP contribution in [0.15, 0.2) is 11.6 Å². The third-order valence-corrected chi connectivity index (χ3v) is 1.77. The van der Waals surface area contributed by atoms with E-state index in [-0.39, 0.29) is 0 Å². The molecule has 0 rings (SSSR count). The van der Waals surface area contributed by atoms with E-state index < -0.39 is 0 Å². The Balaban J connectivity index is 3.64. The second-order valence-corrected chi connectivity index (χ2v) is 2.75. The average Bonchev–Trinajstić information content (AvgIpc) is 1.87. The topological polar surface area (TPSA) is 0 Å². The number of hydrogen-bond acceptors (Lipinski definition) is 0. The van der Waals surface area contributed by atoms with Crippen LogP contribution in [-0.4, -0.2) is 0 Å². The minimum Gasteiger partial charge on any atom is -0.0828 e. The van der Waals surface area contributed by atoms with Crippen molar-refractivity contribution in [3.05, 3.63) is 11.6 Å². The lowest BCUT2D eigenvalue weighted by atomic mass is 10.0. The monoisotopic (exact) mass is 126 g/mol. The van der Waals surface area contributed by atoms with Gasteiger partial charge in [0.1, 0.15) is 0 Å². The van der Waals surface area contributed by atoms with Gasteiger partial charge >= 0.3 is 0 Å². The highest BCUT2D eigenvalue weighted by atomic mass is 14.0. The molecule has 0 unspecified atom stereocenters. The van der Waals surface area contributed by atoms with Crippen LogP contribution in [-0.2, 0) is 0 Å². The predicted octanol–water partition coefficient (Wildman–Crippen LogP) is 3.39. The smallest absolute Gasteiger partial charge is 0.0262 e. The number of allylic oxidation sites excluding steroid dienone is 2. The molecule has 0 radical (unpaired) electrons. The normalized spacial score (nSPS) is 15.8. The van der Waals surface area contributed by atoms with Crippen LogP contribution in [0.4, 0.5) is 0 Å². The van der Waals surface area contributed by atoms with E-state index >= 15 is 0 Å². The Bertz CT molecular complexity index is 90.2. The van der Waals surface area contributed by atoms with Crippen LogP contribution in [0.3, 0.4) is 0 Å². The summed E-state index contributed by atoms with van der Waals surface area (Å²) >= 11 is 0. The van der Waals surface area contributed by atoms with Crippen LogP contribution >= 0.6 is 0 Å². The highest BCUT2D eigenvalue weighted by Crippen LogP contribution is 2.08. The van der Waals surface area contributed by atoms with Gasteiger partial charge in [-0.15, -0.1) is 0 Å². The lowest BCUT2D eigenvalue weighted by Gasteiger charge is -2.01. The summed E-state index contributed by atoms with van der Waals surface area (Å²) in [7, 11) is 0. The summed E-state index contributed by atoms with van der Waals surface area (Å²) in [6, 6.07) is 0. The highest BCUT2D eigenvalue weighted by Gasteiger charge is 1.91. The van der Waals surface area contributed by atoms with Gasteiger partial charge in [0.2, 0.25) is 0 Å². The van der Waals surface area contributed by atoms with Crippen LogP contribution in [0.1, 0.15) is 40.5 Å². The summed E-state index contributed by atoms with van der Waals surface area (Å²) in [6.07, 6.45) is 4.82. The molecule has 0 saturated carbocycles. The first-order chi connectivity index (χ1) is 4.20. The molecule has 0 aromatic carbocycles. The van der Waals surface area contributed by atoms with Crippen molar-refractivity contribution in [3.8, 4) is 0 Å². The Kier molecular flexibility index (Phi) is 4.47. The largest absolute Gasteiger partial charge is 0.0828 e. The van der Waals surface area contributed by atoms with E-state index in [4.69, 9.17) is 0 Å². The van der Waals surface area contributed by atoms with Gasteiger partial charge in [0.15, 0.2) is 0 Å². The van der Waals surface area contributed by atoms with Crippen molar-refractivity contribution >= 4 is 0 Å². The van der Waals surface area contributed by atoms with E-state index in [1.165, 1.54) is 18.4 Å². The Hall–Kier alpha value is -0.260. The molecular weight excluding hydrogens is 108 g/mol. The summed E-state index contributed by atoms with van der Waals surface area (Å²) in [5.74, 6) is 0.768. The summed E-state index contributed by atoms with van der Waals surface area (Å²) in [4.78, 5) is 0. The Morgan fingerprint density at radius 2 is 2.00 bits per heavy atom. The van der Waals surface area contributed by atoms with Crippen molar-refractivity contribution in [2.45, 2.75) is 40.5 Å². The van der Waals surface area contributed by atoms with Gasteiger partial charge in [-0.2, -0.15) is 0 Å². The van der Waals surface area contributed by atoms with Crippen LogP contribution < -0.4 is 0 Å². The van der Waals surface area contributed by atoms with E-state index in [2.05, 4.69) is 33.8 Å². The maximum Gasteiger partial charge on any atom is -0.0262 e. The van der Waals surface area contributed by atoms with E-state index in [0.717, 1.165) is 5.92 Å². The zero-order valence-corrected chi connectivity index (χ0v) is 7.07. The SMILES string of the molecule is CC/C(C)=C\[C@H](C)CC. The lowest BCUT2D eigenvalue weighted by Crippen LogP contribution is -1.86. The first-order valence-corrected chi connectivity index (χ1v) is 3.88. The molecular formula is C9H18. The van der Waals surface area contributed by atoms with E-state index in [0.29, 0.717) is 0 Å². The van der Waals surface area contributed by atoms with Crippen molar-refractivity contribution in [1.29, 1.82) is 0 Å². The molecule has 0 saturated heterocycles. The molecule has 0 aromatic rings. The van der Waals surface area contributed by atoms with Gasteiger partial charge in [-0.25, -0.2) is 0 Å². The fourth-order valence-corrected chi connectivity index (χ4v) is 0.721. The molecule has 0 nitrogen and oxygen atoms in total. The maximum atomic E-state index is 2.36. The first kappa shape index (κ1) is 8.74. The fourth-order valence-electron chi connectivity index (χ4n) is 0.721. The lowest BCUT2D eigenvalue weighted by molar-refractivity contribution is 0.689. The quantitative estimate of drug-likeness (QED) is 0.508. The molecule has 0 amide bonds.